The third kappa shape index (κ3) is 2.42. The number of Topliss-reactive ketones (excluding diaryl/α,β-unsaturated/α-hetero) is 1. The highest BCUT2D eigenvalue weighted by Crippen LogP contribution is 2.23. The molecule has 0 fully saturated rings. The number of carbonyl (C=O) groups is 1. The van der Waals surface area contributed by atoms with Crippen LogP contribution < -0.4 is 0 Å². The number of nitriles is 1. The number of thiophene rings is 1. The second-order valence-corrected chi connectivity index (χ2v) is 6.58. The predicted molar refractivity (Wildman–Crippen MR) is 84.8 cm³/mol. The molecular weight excluding hydrogens is 302 g/mol. The lowest BCUT2D eigenvalue weighted by Gasteiger charge is -1.97. The Hall–Kier alpha value is -2.23. The largest absolute Gasteiger partial charge is 0.290 e. The lowest BCUT2D eigenvalue weighted by atomic mass is 10.1. The van der Waals surface area contributed by atoms with Crippen LogP contribution in [-0.4, -0.2) is 15.2 Å². The summed E-state index contributed by atoms with van der Waals surface area (Å²) in [7, 11) is 0. The number of hydrogen-bond donors (Lipinski definition) is 0. The van der Waals surface area contributed by atoms with Crippen LogP contribution in [0.2, 0.25) is 0 Å². The first-order valence-corrected chi connectivity index (χ1v) is 8.00. The van der Waals surface area contributed by atoms with Crippen molar-refractivity contribution in [3.05, 3.63) is 50.4 Å². The molecule has 0 aliphatic heterocycles. The Morgan fingerprint density at radius 2 is 2.29 bits per heavy atom. The minimum Gasteiger partial charge on any atom is -0.290 e. The van der Waals surface area contributed by atoms with E-state index in [0.717, 1.165) is 21.2 Å². The van der Waals surface area contributed by atoms with Crippen LogP contribution in [-0.2, 0) is 0 Å². The van der Waals surface area contributed by atoms with Crippen molar-refractivity contribution >= 4 is 39.5 Å². The molecule has 104 valence electrons. The van der Waals surface area contributed by atoms with E-state index in [2.05, 4.69) is 4.98 Å². The zero-order valence-electron chi connectivity index (χ0n) is 11.5. The van der Waals surface area contributed by atoms with Crippen molar-refractivity contribution in [2.45, 2.75) is 13.8 Å². The summed E-state index contributed by atoms with van der Waals surface area (Å²) < 4.78 is 1.92. The SMILES string of the molecule is Cc1cn2c(/C=C(\C#N)C(=O)c3ccsc3)c(C)nc2s1. The van der Waals surface area contributed by atoms with Crippen molar-refractivity contribution in [1.82, 2.24) is 9.38 Å². The van der Waals surface area contributed by atoms with Crippen molar-refractivity contribution < 1.29 is 4.79 Å². The number of fused-ring (bicyclic) bond motifs is 1. The van der Waals surface area contributed by atoms with Gasteiger partial charge in [-0.25, -0.2) is 4.98 Å². The zero-order chi connectivity index (χ0) is 15.0. The summed E-state index contributed by atoms with van der Waals surface area (Å²) in [5, 5.41) is 12.9. The second-order valence-electron chi connectivity index (χ2n) is 4.59. The van der Waals surface area contributed by atoms with Crippen LogP contribution in [0.25, 0.3) is 11.0 Å². The Morgan fingerprint density at radius 1 is 1.48 bits per heavy atom. The zero-order valence-corrected chi connectivity index (χ0v) is 13.1. The van der Waals surface area contributed by atoms with E-state index in [9.17, 15) is 10.1 Å². The summed E-state index contributed by atoms with van der Waals surface area (Å²) in [5.41, 5.74) is 2.27. The number of aromatic nitrogens is 2. The molecule has 3 heterocycles. The van der Waals surface area contributed by atoms with E-state index < -0.39 is 0 Å². The van der Waals surface area contributed by atoms with E-state index in [1.807, 2.05) is 35.9 Å². The van der Waals surface area contributed by atoms with Gasteiger partial charge in [0.05, 0.1) is 11.4 Å². The van der Waals surface area contributed by atoms with Gasteiger partial charge < -0.3 is 0 Å². The van der Waals surface area contributed by atoms with Gasteiger partial charge in [0.1, 0.15) is 11.6 Å². The van der Waals surface area contributed by atoms with Gasteiger partial charge in [0.15, 0.2) is 4.96 Å². The van der Waals surface area contributed by atoms with E-state index >= 15 is 0 Å². The number of rotatable bonds is 3. The summed E-state index contributed by atoms with van der Waals surface area (Å²) >= 11 is 3.02. The molecule has 0 atom stereocenters. The Bertz CT molecular complexity index is 892. The maximum Gasteiger partial charge on any atom is 0.204 e. The number of imidazole rings is 1. The third-order valence-corrected chi connectivity index (χ3v) is 4.67. The standard InChI is InChI=1S/C15H11N3OS2/c1-9-7-18-13(10(2)17-15(18)21-9)5-12(6-16)14(19)11-3-4-20-8-11/h3-5,7-8H,1-2H3/b12-5+. The summed E-state index contributed by atoms with van der Waals surface area (Å²) in [6.07, 6.45) is 3.59. The smallest absolute Gasteiger partial charge is 0.204 e. The molecule has 6 heteroatoms. The molecule has 4 nitrogen and oxygen atoms in total. The number of nitrogens with zero attached hydrogens (tertiary/aromatic N) is 3. The van der Waals surface area contributed by atoms with Gasteiger partial charge in [-0.1, -0.05) is 0 Å². The second kappa shape index (κ2) is 5.28. The van der Waals surface area contributed by atoms with Crippen molar-refractivity contribution in [3.8, 4) is 6.07 Å². The van der Waals surface area contributed by atoms with E-state index in [4.69, 9.17) is 0 Å². The molecule has 3 aromatic rings. The Kier molecular flexibility index (Phi) is 3.45. The molecule has 0 aromatic carbocycles. The molecule has 0 N–H and O–H groups in total. The normalized spacial score (nSPS) is 11.8. The van der Waals surface area contributed by atoms with Gasteiger partial charge in [0.2, 0.25) is 5.78 Å². The number of ketones is 1. The fourth-order valence-corrected chi connectivity index (χ4v) is 3.60. The van der Waals surface area contributed by atoms with E-state index in [0.29, 0.717) is 5.56 Å². The van der Waals surface area contributed by atoms with Crippen molar-refractivity contribution in [2.24, 2.45) is 0 Å². The quantitative estimate of drug-likeness (QED) is 0.419. The maximum atomic E-state index is 12.3. The number of allylic oxidation sites excluding steroid dienone is 1. The Morgan fingerprint density at radius 3 is 2.95 bits per heavy atom. The Labute approximate surface area is 129 Å². The molecular formula is C15H11N3OS2. The van der Waals surface area contributed by atoms with Gasteiger partial charge in [-0.3, -0.25) is 9.20 Å². The first-order chi connectivity index (χ1) is 10.1. The average Bonchev–Trinajstić information content (AvgIpc) is 3.13. The summed E-state index contributed by atoms with van der Waals surface area (Å²) in [6.45, 7) is 3.88. The van der Waals surface area contributed by atoms with Crippen molar-refractivity contribution in [2.75, 3.05) is 0 Å². The molecule has 0 saturated carbocycles. The average molecular weight is 313 g/mol. The molecule has 0 unspecified atom stereocenters. The highest BCUT2D eigenvalue weighted by Gasteiger charge is 2.15. The first-order valence-electron chi connectivity index (χ1n) is 6.24. The molecule has 0 saturated heterocycles. The van der Waals surface area contributed by atoms with Crippen LogP contribution in [0, 0.1) is 25.2 Å². The molecule has 21 heavy (non-hydrogen) atoms. The van der Waals surface area contributed by atoms with Gasteiger partial charge in [0, 0.05) is 22.0 Å². The molecule has 0 aliphatic carbocycles. The summed E-state index contributed by atoms with van der Waals surface area (Å²) in [6, 6.07) is 3.73. The molecule has 0 spiro atoms. The highest BCUT2D eigenvalue weighted by atomic mass is 32.1. The molecule has 3 aromatic heterocycles. The molecule has 0 radical (unpaired) electrons. The van der Waals surface area contributed by atoms with E-state index in [-0.39, 0.29) is 11.4 Å². The van der Waals surface area contributed by atoms with Gasteiger partial charge in [-0.05, 0) is 31.4 Å². The van der Waals surface area contributed by atoms with Crippen molar-refractivity contribution in [3.63, 3.8) is 0 Å². The van der Waals surface area contributed by atoms with Crippen LogP contribution in [0.15, 0.2) is 28.6 Å². The fraction of sp³-hybridized carbons (Fsp3) is 0.133. The van der Waals surface area contributed by atoms with Gasteiger partial charge >= 0.3 is 0 Å². The first kappa shape index (κ1) is 13.7. The monoisotopic (exact) mass is 313 g/mol. The van der Waals surface area contributed by atoms with Crippen LogP contribution >= 0.6 is 22.7 Å². The van der Waals surface area contributed by atoms with Crippen LogP contribution in [0.4, 0.5) is 0 Å². The lowest BCUT2D eigenvalue weighted by molar-refractivity contribution is 0.104. The minimum absolute atomic E-state index is 0.127. The minimum atomic E-state index is -0.250. The number of thiazole rings is 1. The van der Waals surface area contributed by atoms with E-state index in [1.165, 1.54) is 11.3 Å². The Balaban J connectivity index is 2.11. The van der Waals surface area contributed by atoms with Gasteiger partial charge in [-0.2, -0.15) is 16.6 Å². The van der Waals surface area contributed by atoms with Crippen molar-refractivity contribution in [1.29, 1.82) is 5.26 Å². The van der Waals surface area contributed by atoms with E-state index in [1.54, 1.807) is 28.9 Å². The third-order valence-electron chi connectivity index (χ3n) is 3.09. The molecule has 3 rings (SSSR count). The van der Waals surface area contributed by atoms with Crippen LogP contribution in [0.1, 0.15) is 26.6 Å². The maximum absolute atomic E-state index is 12.3. The van der Waals surface area contributed by atoms with Crippen LogP contribution in [0.3, 0.4) is 0 Å². The highest BCUT2D eigenvalue weighted by molar-refractivity contribution is 7.17. The van der Waals surface area contributed by atoms with Gasteiger partial charge in [-0.15, -0.1) is 11.3 Å². The number of carbonyl (C=O) groups excluding carboxylic acids is 1. The topological polar surface area (TPSA) is 58.2 Å². The molecule has 0 bridgehead atoms. The van der Waals surface area contributed by atoms with Gasteiger partial charge in [0.25, 0.3) is 0 Å². The lowest BCUT2D eigenvalue weighted by Crippen LogP contribution is -2.00. The number of aryl methyl sites for hydroxylation is 2. The van der Waals surface area contributed by atoms with Crippen LogP contribution in [0.5, 0.6) is 0 Å². The molecule has 0 amide bonds. The summed E-state index contributed by atoms with van der Waals surface area (Å²) in [5.74, 6) is -0.250. The summed E-state index contributed by atoms with van der Waals surface area (Å²) in [4.78, 5) is 18.8. The number of hydrogen-bond acceptors (Lipinski definition) is 5. The fourth-order valence-electron chi connectivity index (χ4n) is 2.09. The predicted octanol–water partition coefficient (Wildman–Crippen LogP) is 3.86. The molecule has 0 aliphatic rings.